The Hall–Kier alpha value is -2.20. The van der Waals surface area contributed by atoms with Gasteiger partial charge in [0.05, 0.1) is 11.4 Å². The van der Waals surface area contributed by atoms with Gasteiger partial charge >= 0.3 is 0 Å². The summed E-state index contributed by atoms with van der Waals surface area (Å²) in [6.45, 7) is 1.91. The van der Waals surface area contributed by atoms with Crippen molar-refractivity contribution in [2.75, 3.05) is 0 Å². The quantitative estimate of drug-likeness (QED) is 0.681. The molecule has 1 aromatic heterocycles. The highest BCUT2D eigenvalue weighted by Gasteiger charge is 2.17. The third-order valence-electron chi connectivity index (χ3n) is 3.23. The van der Waals surface area contributed by atoms with Crippen molar-refractivity contribution in [2.45, 2.75) is 12.8 Å². The molecule has 1 heterocycles. The van der Waals surface area contributed by atoms with E-state index in [9.17, 15) is 4.39 Å². The van der Waals surface area contributed by atoms with Gasteiger partial charge in [-0.25, -0.2) is 4.39 Å². The molecule has 0 aliphatic rings. The van der Waals surface area contributed by atoms with Crippen molar-refractivity contribution >= 4 is 11.6 Å². The first-order chi connectivity index (χ1) is 10.2. The van der Waals surface area contributed by atoms with Gasteiger partial charge in [-0.15, -0.1) is 21.8 Å². The predicted molar refractivity (Wildman–Crippen MR) is 81.0 cm³/mol. The normalized spacial score (nSPS) is 10.8. The summed E-state index contributed by atoms with van der Waals surface area (Å²) in [6.07, 6.45) is 0. The summed E-state index contributed by atoms with van der Waals surface area (Å²) in [5.41, 5.74) is 2.23. The van der Waals surface area contributed by atoms with Crippen LogP contribution in [0.2, 0.25) is 0 Å². The van der Waals surface area contributed by atoms with Crippen LogP contribution < -0.4 is 0 Å². The molecule has 0 spiro atoms. The molecule has 0 atom stereocenters. The van der Waals surface area contributed by atoms with Gasteiger partial charge in [-0.2, -0.15) is 0 Å². The van der Waals surface area contributed by atoms with E-state index in [0.29, 0.717) is 17.2 Å². The molecule has 0 saturated heterocycles. The monoisotopic (exact) mass is 301 g/mol. The minimum absolute atomic E-state index is 0.204. The molecule has 0 aliphatic carbocycles. The van der Waals surface area contributed by atoms with Crippen molar-refractivity contribution in [3.8, 4) is 17.1 Å². The highest BCUT2D eigenvalue weighted by Crippen LogP contribution is 2.26. The van der Waals surface area contributed by atoms with Gasteiger partial charge in [0, 0.05) is 5.69 Å². The zero-order valence-corrected chi connectivity index (χ0v) is 12.2. The van der Waals surface area contributed by atoms with Crippen molar-refractivity contribution in [3.05, 3.63) is 65.7 Å². The zero-order chi connectivity index (χ0) is 14.8. The number of halogens is 2. The molecule has 3 nitrogen and oxygen atoms in total. The molecule has 0 unspecified atom stereocenters. The SMILES string of the molecule is Cc1ccc(F)c(-c2nnc(CCl)n2-c2ccccc2)c1. The van der Waals surface area contributed by atoms with E-state index in [1.807, 2.05) is 37.3 Å². The van der Waals surface area contributed by atoms with Crippen LogP contribution in [0.5, 0.6) is 0 Å². The van der Waals surface area contributed by atoms with Crippen LogP contribution in [-0.2, 0) is 5.88 Å². The molecule has 0 bridgehead atoms. The number of rotatable bonds is 3. The maximum Gasteiger partial charge on any atom is 0.171 e. The van der Waals surface area contributed by atoms with E-state index in [1.54, 1.807) is 16.7 Å². The minimum atomic E-state index is -0.327. The molecular weight excluding hydrogens is 289 g/mol. The van der Waals surface area contributed by atoms with Gasteiger partial charge in [0.15, 0.2) is 11.6 Å². The summed E-state index contributed by atoms with van der Waals surface area (Å²) in [4.78, 5) is 0. The van der Waals surface area contributed by atoms with Gasteiger partial charge in [0.1, 0.15) is 5.82 Å². The number of hydrogen-bond donors (Lipinski definition) is 0. The van der Waals surface area contributed by atoms with Crippen LogP contribution in [0.3, 0.4) is 0 Å². The standard InChI is InChI=1S/C16H13ClFN3/c1-11-7-8-14(18)13(9-11)16-20-19-15(10-17)21(16)12-5-3-2-4-6-12/h2-9H,10H2,1H3. The number of benzene rings is 2. The number of aryl methyl sites for hydroxylation is 1. The molecule has 21 heavy (non-hydrogen) atoms. The molecular formula is C16H13ClFN3. The lowest BCUT2D eigenvalue weighted by atomic mass is 10.1. The Balaban J connectivity index is 2.25. The maximum absolute atomic E-state index is 14.2. The van der Waals surface area contributed by atoms with E-state index < -0.39 is 0 Å². The average Bonchev–Trinajstić information content (AvgIpc) is 2.94. The Labute approximate surface area is 127 Å². The Morgan fingerprint density at radius 1 is 1.10 bits per heavy atom. The number of aromatic nitrogens is 3. The van der Waals surface area contributed by atoms with Crippen molar-refractivity contribution < 1.29 is 4.39 Å². The first-order valence-electron chi connectivity index (χ1n) is 6.53. The molecule has 0 fully saturated rings. The average molecular weight is 302 g/mol. The van der Waals surface area contributed by atoms with Gasteiger partial charge in [-0.05, 0) is 31.2 Å². The fourth-order valence-electron chi connectivity index (χ4n) is 2.24. The summed E-state index contributed by atoms with van der Waals surface area (Å²) >= 11 is 5.94. The minimum Gasteiger partial charge on any atom is -0.278 e. The van der Waals surface area contributed by atoms with Gasteiger partial charge < -0.3 is 0 Å². The summed E-state index contributed by atoms with van der Waals surface area (Å²) < 4.78 is 15.9. The lowest BCUT2D eigenvalue weighted by Crippen LogP contribution is -2.02. The van der Waals surface area contributed by atoms with E-state index in [2.05, 4.69) is 10.2 Å². The molecule has 0 saturated carbocycles. The molecule has 3 aromatic rings. The molecule has 2 aromatic carbocycles. The van der Waals surface area contributed by atoms with Crippen LogP contribution in [0.25, 0.3) is 17.1 Å². The smallest absolute Gasteiger partial charge is 0.171 e. The first kappa shape index (κ1) is 13.8. The van der Waals surface area contributed by atoms with E-state index in [4.69, 9.17) is 11.6 Å². The Kier molecular flexibility index (Phi) is 3.71. The van der Waals surface area contributed by atoms with Crippen molar-refractivity contribution in [3.63, 3.8) is 0 Å². The predicted octanol–water partition coefficient (Wildman–Crippen LogP) is 4.12. The zero-order valence-electron chi connectivity index (χ0n) is 11.4. The fourth-order valence-corrected chi connectivity index (χ4v) is 2.41. The van der Waals surface area contributed by atoms with Crippen molar-refractivity contribution in [1.29, 1.82) is 0 Å². The molecule has 0 amide bonds. The lowest BCUT2D eigenvalue weighted by molar-refractivity contribution is 0.629. The highest BCUT2D eigenvalue weighted by molar-refractivity contribution is 6.16. The summed E-state index contributed by atoms with van der Waals surface area (Å²) in [6, 6.07) is 14.5. The molecule has 3 rings (SSSR count). The van der Waals surface area contributed by atoms with E-state index in [0.717, 1.165) is 11.3 Å². The third kappa shape index (κ3) is 2.54. The van der Waals surface area contributed by atoms with Crippen LogP contribution in [0, 0.1) is 12.7 Å². The number of hydrogen-bond acceptors (Lipinski definition) is 2. The maximum atomic E-state index is 14.2. The Bertz CT molecular complexity index is 768. The number of alkyl halides is 1. The van der Waals surface area contributed by atoms with Crippen molar-refractivity contribution in [2.24, 2.45) is 0 Å². The first-order valence-corrected chi connectivity index (χ1v) is 7.06. The largest absolute Gasteiger partial charge is 0.278 e. The van der Waals surface area contributed by atoms with Gasteiger partial charge in [0.25, 0.3) is 0 Å². The van der Waals surface area contributed by atoms with Crippen LogP contribution in [0.15, 0.2) is 48.5 Å². The third-order valence-corrected chi connectivity index (χ3v) is 3.47. The van der Waals surface area contributed by atoms with E-state index in [-0.39, 0.29) is 11.7 Å². The Morgan fingerprint density at radius 3 is 2.57 bits per heavy atom. The number of para-hydroxylation sites is 1. The van der Waals surface area contributed by atoms with E-state index in [1.165, 1.54) is 6.07 Å². The number of nitrogens with zero attached hydrogens (tertiary/aromatic N) is 3. The summed E-state index contributed by atoms with van der Waals surface area (Å²) in [5.74, 6) is 0.915. The Morgan fingerprint density at radius 2 is 1.86 bits per heavy atom. The van der Waals surface area contributed by atoms with E-state index >= 15 is 0 Å². The second-order valence-corrected chi connectivity index (χ2v) is 4.99. The van der Waals surface area contributed by atoms with Crippen LogP contribution >= 0.6 is 11.6 Å². The van der Waals surface area contributed by atoms with Gasteiger partial charge in [0.2, 0.25) is 0 Å². The molecule has 0 N–H and O–H groups in total. The second kappa shape index (κ2) is 5.66. The van der Waals surface area contributed by atoms with Crippen LogP contribution in [0.1, 0.15) is 11.4 Å². The highest BCUT2D eigenvalue weighted by atomic mass is 35.5. The molecule has 0 aliphatic heterocycles. The van der Waals surface area contributed by atoms with Crippen molar-refractivity contribution in [1.82, 2.24) is 14.8 Å². The molecule has 106 valence electrons. The molecule has 0 radical (unpaired) electrons. The fraction of sp³-hybridized carbons (Fsp3) is 0.125. The topological polar surface area (TPSA) is 30.7 Å². The van der Waals surface area contributed by atoms with Crippen LogP contribution in [-0.4, -0.2) is 14.8 Å². The van der Waals surface area contributed by atoms with Gasteiger partial charge in [-0.3, -0.25) is 4.57 Å². The lowest BCUT2D eigenvalue weighted by Gasteiger charge is -2.10. The second-order valence-electron chi connectivity index (χ2n) is 4.73. The molecule has 5 heteroatoms. The van der Waals surface area contributed by atoms with Gasteiger partial charge in [-0.1, -0.05) is 29.8 Å². The summed E-state index contributed by atoms with van der Waals surface area (Å²) in [7, 11) is 0. The summed E-state index contributed by atoms with van der Waals surface area (Å²) in [5, 5.41) is 8.20. The van der Waals surface area contributed by atoms with Crippen LogP contribution in [0.4, 0.5) is 4.39 Å².